The van der Waals surface area contributed by atoms with Crippen molar-refractivity contribution in [2.75, 3.05) is 0 Å². The maximum absolute atomic E-state index is 11.8. The van der Waals surface area contributed by atoms with Crippen molar-refractivity contribution in [2.24, 2.45) is 17.8 Å². The quantitative estimate of drug-likeness (QED) is 0.774. The Hall–Kier alpha value is -1.06. The van der Waals surface area contributed by atoms with Crippen LogP contribution in [-0.2, 0) is 9.59 Å². The Morgan fingerprint density at radius 3 is 2.47 bits per heavy atom. The van der Waals surface area contributed by atoms with Crippen LogP contribution in [0.3, 0.4) is 0 Å². The molecule has 0 heterocycles. The fourth-order valence-corrected chi connectivity index (χ4v) is 2.27. The second-order valence-electron chi connectivity index (χ2n) is 5.52. The van der Waals surface area contributed by atoms with E-state index in [0.29, 0.717) is 5.92 Å². The number of carboxylic acids is 1. The van der Waals surface area contributed by atoms with E-state index in [4.69, 9.17) is 5.11 Å². The van der Waals surface area contributed by atoms with Crippen molar-refractivity contribution >= 4 is 11.9 Å². The van der Waals surface area contributed by atoms with Crippen LogP contribution in [0.1, 0.15) is 46.5 Å². The number of carboxylic acid groups (broad SMARTS) is 1. The van der Waals surface area contributed by atoms with E-state index >= 15 is 0 Å². The summed E-state index contributed by atoms with van der Waals surface area (Å²) in [6.07, 6.45) is 2.86. The molecule has 98 valence electrons. The van der Waals surface area contributed by atoms with Crippen LogP contribution in [0, 0.1) is 17.8 Å². The predicted octanol–water partition coefficient (Wildman–Crippen LogP) is 2.04. The van der Waals surface area contributed by atoms with E-state index in [9.17, 15) is 9.59 Å². The van der Waals surface area contributed by atoms with Crippen LogP contribution in [0.5, 0.6) is 0 Å². The molecule has 1 amide bonds. The van der Waals surface area contributed by atoms with Gasteiger partial charge in [-0.2, -0.15) is 0 Å². The maximum Gasteiger partial charge on any atom is 0.303 e. The van der Waals surface area contributed by atoms with Gasteiger partial charge in [-0.3, -0.25) is 9.59 Å². The standard InChI is InChI=1S/C13H23NO3/c1-8(2)9(3)13(17)14-11-5-4-10(6-11)7-12(15)16/h8-11H,4-7H2,1-3H3,(H,14,17)(H,15,16). The van der Waals surface area contributed by atoms with Crippen molar-refractivity contribution in [3.8, 4) is 0 Å². The Labute approximate surface area is 103 Å². The lowest BCUT2D eigenvalue weighted by atomic mass is 9.97. The van der Waals surface area contributed by atoms with E-state index in [2.05, 4.69) is 5.32 Å². The van der Waals surface area contributed by atoms with Crippen LogP contribution in [0.2, 0.25) is 0 Å². The molecule has 1 fully saturated rings. The van der Waals surface area contributed by atoms with Gasteiger partial charge in [-0.15, -0.1) is 0 Å². The number of hydrogen-bond donors (Lipinski definition) is 2. The number of carbonyl (C=O) groups is 2. The van der Waals surface area contributed by atoms with Crippen LogP contribution < -0.4 is 5.32 Å². The van der Waals surface area contributed by atoms with Crippen LogP contribution in [0.4, 0.5) is 0 Å². The van der Waals surface area contributed by atoms with Crippen molar-refractivity contribution in [1.29, 1.82) is 0 Å². The van der Waals surface area contributed by atoms with Gasteiger partial charge in [0, 0.05) is 18.4 Å². The van der Waals surface area contributed by atoms with E-state index in [1.807, 2.05) is 20.8 Å². The fraction of sp³-hybridized carbons (Fsp3) is 0.846. The van der Waals surface area contributed by atoms with E-state index in [0.717, 1.165) is 19.3 Å². The molecule has 2 N–H and O–H groups in total. The van der Waals surface area contributed by atoms with Crippen molar-refractivity contribution in [2.45, 2.75) is 52.5 Å². The molecule has 1 saturated carbocycles. The van der Waals surface area contributed by atoms with E-state index in [-0.39, 0.29) is 30.2 Å². The first-order valence-electron chi connectivity index (χ1n) is 6.42. The van der Waals surface area contributed by atoms with Crippen LogP contribution in [-0.4, -0.2) is 23.0 Å². The molecule has 4 heteroatoms. The lowest BCUT2D eigenvalue weighted by Crippen LogP contribution is -2.38. The minimum absolute atomic E-state index is 0.0218. The van der Waals surface area contributed by atoms with Crippen LogP contribution in [0.25, 0.3) is 0 Å². The summed E-state index contributed by atoms with van der Waals surface area (Å²) in [5.74, 6) is -0.0506. The van der Waals surface area contributed by atoms with Crippen molar-refractivity contribution in [1.82, 2.24) is 5.32 Å². The van der Waals surface area contributed by atoms with Crippen LogP contribution in [0.15, 0.2) is 0 Å². The van der Waals surface area contributed by atoms with E-state index < -0.39 is 5.97 Å². The Kier molecular flexibility index (Phi) is 4.97. The highest BCUT2D eigenvalue weighted by atomic mass is 16.4. The largest absolute Gasteiger partial charge is 0.481 e. The van der Waals surface area contributed by atoms with E-state index in [1.165, 1.54) is 0 Å². The SMILES string of the molecule is CC(C)C(C)C(=O)NC1CCC(CC(=O)O)C1. The number of nitrogens with one attached hydrogen (secondary N) is 1. The summed E-state index contributed by atoms with van der Waals surface area (Å²) in [5.41, 5.74) is 0. The molecule has 1 aliphatic rings. The zero-order valence-electron chi connectivity index (χ0n) is 10.9. The Bertz CT molecular complexity index is 288. The molecule has 3 unspecified atom stereocenters. The topological polar surface area (TPSA) is 66.4 Å². The fourth-order valence-electron chi connectivity index (χ4n) is 2.27. The summed E-state index contributed by atoms with van der Waals surface area (Å²) in [7, 11) is 0. The molecule has 0 radical (unpaired) electrons. The monoisotopic (exact) mass is 241 g/mol. The molecule has 0 aromatic heterocycles. The second kappa shape index (κ2) is 6.03. The molecular weight excluding hydrogens is 218 g/mol. The highest BCUT2D eigenvalue weighted by Crippen LogP contribution is 2.28. The average Bonchev–Trinajstić information content (AvgIpc) is 2.63. The molecule has 0 saturated heterocycles. The second-order valence-corrected chi connectivity index (χ2v) is 5.52. The Morgan fingerprint density at radius 1 is 1.29 bits per heavy atom. The number of amides is 1. The van der Waals surface area contributed by atoms with Gasteiger partial charge >= 0.3 is 5.97 Å². The normalized spacial score (nSPS) is 25.9. The van der Waals surface area contributed by atoms with Gasteiger partial charge in [-0.05, 0) is 31.1 Å². The third-order valence-electron chi connectivity index (χ3n) is 3.76. The average molecular weight is 241 g/mol. The first-order chi connectivity index (χ1) is 7.90. The number of hydrogen-bond acceptors (Lipinski definition) is 2. The molecule has 0 spiro atoms. The summed E-state index contributed by atoms with van der Waals surface area (Å²) in [5, 5.41) is 11.7. The zero-order valence-corrected chi connectivity index (χ0v) is 10.9. The molecule has 17 heavy (non-hydrogen) atoms. The molecule has 0 aromatic carbocycles. The highest BCUT2D eigenvalue weighted by molar-refractivity contribution is 5.78. The van der Waals surface area contributed by atoms with Crippen molar-refractivity contribution < 1.29 is 14.7 Å². The summed E-state index contributed by atoms with van der Waals surface area (Å²) < 4.78 is 0. The molecule has 4 nitrogen and oxygen atoms in total. The van der Waals surface area contributed by atoms with E-state index in [1.54, 1.807) is 0 Å². The zero-order chi connectivity index (χ0) is 13.0. The van der Waals surface area contributed by atoms with Crippen molar-refractivity contribution in [3.63, 3.8) is 0 Å². The lowest BCUT2D eigenvalue weighted by molar-refractivity contribution is -0.138. The summed E-state index contributed by atoms with van der Waals surface area (Å²) in [6, 6.07) is 0.174. The summed E-state index contributed by atoms with van der Waals surface area (Å²) in [4.78, 5) is 22.4. The first-order valence-corrected chi connectivity index (χ1v) is 6.42. The number of rotatable bonds is 5. The molecule has 0 aromatic rings. The van der Waals surface area contributed by atoms with Gasteiger partial charge in [0.25, 0.3) is 0 Å². The van der Waals surface area contributed by atoms with Crippen molar-refractivity contribution in [3.05, 3.63) is 0 Å². The van der Waals surface area contributed by atoms with Gasteiger partial charge in [0.2, 0.25) is 5.91 Å². The third kappa shape index (κ3) is 4.36. The Balaban J connectivity index is 2.35. The summed E-state index contributed by atoms with van der Waals surface area (Å²) >= 11 is 0. The minimum Gasteiger partial charge on any atom is -0.481 e. The van der Waals surface area contributed by atoms with Gasteiger partial charge in [0.15, 0.2) is 0 Å². The number of aliphatic carboxylic acids is 1. The first kappa shape index (κ1) is 14.0. The number of carbonyl (C=O) groups excluding carboxylic acids is 1. The van der Waals surface area contributed by atoms with Gasteiger partial charge in [0.1, 0.15) is 0 Å². The minimum atomic E-state index is -0.738. The predicted molar refractivity (Wildman–Crippen MR) is 65.5 cm³/mol. The van der Waals surface area contributed by atoms with Gasteiger partial charge in [0.05, 0.1) is 0 Å². The third-order valence-corrected chi connectivity index (χ3v) is 3.76. The van der Waals surface area contributed by atoms with Gasteiger partial charge in [-0.1, -0.05) is 20.8 Å². The molecule has 0 aliphatic heterocycles. The summed E-state index contributed by atoms with van der Waals surface area (Å²) in [6.45, 7) is 6.00. The molecular formula is C13H23NO3. The lowest BCUT2D eigenvalue weighted by Gasteiger charge is -2.19. The van der Waals surface area contributed by atoms with Gasteiger partial charge in [-0.25, -0.2) is 0 Å². The van der Waals surface area contributed by atoms with Crippen LogP contribution >= 0.6 is 0 Å². The van der Waals surface area contributed by atoms with Gasteiger partial charge < -0.3 is 10.4 Å². The molecule has 1 rings (SSSR count). The molecule has 0 bridgehead atoms. The Morgan fingerprint density at radius 2 is 1.94 bits per heavy atom. The molecule has 1 aliphatic carbocycles. The maximum atomic E-state index is 11.8. The smallest absolute Gasteiger partial charge is 0.303 e. The molecule has 3 atom stereocenters. The highest BCUT2D eigenvalue weighted by Gasteiger charge is 2.28.